The van der Waals surface area contributed by atoms with E-state index < -0.39 is 5.97 Å². The van der Waals surface area contributed by atoms with Gasteiger partial charge in [-0.1, -0.05) is 12.1 Å². The van der Waals surface area contributed by atoms with Gasteiger partial charge >= 0.3 is 5.97 Å². The van der Waals surface area contributed by atoms with Crippen LogP contribution in [0.3, 0.4) is 0 Å². The quantitative estimate of drug-likeness (QED) is 0.333. The van der Waals surface area contributed by atoms with Gasteiger partial charge in [0, 0.05) is 18.5 Å². The van der Waals surface area contributed by atoms with Crippen molar-refractivity contribution in [2.75, 3.05) is 26.1 Å². The fraction of sp³-hybridized carbons (Fsp3) is 0.304. The minimum Gasteiger partial charge on any atom is -0.493 e. The number of nitrogens with one attached hydrogen (secondary N) is 2. The van der Waals surface area contributed by atoms with Crippen molar-refractivity contribution >= 4 is 29.7 Å². The second kappa shape index (κ2) is 12.1. The Labute approximate surface area is 186 Å². The van der Waals surface area contributed by atoms with Crippen molar-refractivity contribution in [3.63, 3.8) is 0 Å². The highest BCUT2D eigenvalue weighted by atomic mass is 16.6. The molecule has 0 bridgehead atoms. The van der Waals surface area contributed by atoms with Crippen molar-refractivity contribution in [2.45, 2.75) is 26.7 Å². The Morgan fingerprint density at radius 3 is 2.44 bits per heavy atom. The van der Waals surface area contributed by atoms with Crippen LogP contribution in [0.2, 0.25) is 0 Å². The number of hydrazone groups is 1. The summed E-state index contributed by atoms with van der Waals surface area (Å²) in [5.74, 6) is -0.378. The number of carbonyl (C=O) groups is 3. The number of methoxy groups -OCH3 is 2. The number of carbonyl (C=O) groups excluding carboxylic acids is 3. The first-order valence-corrected chi connectivity index (χ1v) is 9.89. The van der Waals surface area contributed by atoms with Crippen molar-refractivity contribution in [1.82, 2.24) is 5.43 Å². The molecule has 2 aromatic rings. The van der Waals surface area contributed by atoms with Gasteiger partial charge in [-0.25, -0.2) is 10.2 Å². The molecule has 0 spiro atoms. The van der Waals surface area contributed by atoms with Crippen molar-refractivity contribution in [2.24, 2.45) is 5.10 Å². The van der Waals surface area contributed by atoms with Crippen molar-refractivity contribution < 1.29 is 28.6 Å². The number of hydrogen-bond acceptors (Lipinski definition) is 7. The summed E-state index contributed by atoms with van der Waals surface area (Å²) in [6.45, 7) is 3.61. The Bertz CT molecular complexity index is 1000. The predicted octanol–water partition coefficient (Wildman–Crippen LogP) is 2.73. The maximum absolute atomic E-state index is 12.1. The number of rotatable bonds is 10. The SMILES string of the molecule is COC(=O)COc1ccc(C=NNC(=O)CCC(=O)Nc2cc(C)ccc2C)cc1OC. The molecule has 0 fully saturated rings. The molecule has 32 heavy (non-hydrogen) atoms. The van der Waals surface area contributed by atoms with E-state index >= 15 is 0 Å². The predicted molar refractivity (Wildman–Crippen MR) is 120 cm³/mol. The monoisotopic (exact) mass is 441 g/mol. The van der Waals surface area contributed by atoms with E-state index in [1.54, 1.807) is 18.2 Å². The Hall–Kier alpha value is -3.88. The van der Waals surface area contributed by atoms with E-state index in [0.717, 1.165) is 16.8 Å². The lowest BCUT2D eigenvalue weighted by Crippen LogP contribution is -2.21. The third kappa shape index (κ3) is 7.75. The summed E-state index contributed by atoms with van der Waals surface area (Å²) in [6, 6.07) is 10.7. The number of esters is 1. The minimum atomic E-state index is -0.511. The van der Waals surface area contributed by atoms with Gasteiger partial charge < -0.3 is 19.5 Å². The van der Waals surface area contributed by atoms with Gasteiger partial charge in [-0.15, -0.1) is 0 Å². The molecule has 0 heterocycles. The number of hydrogen-bond donors (Lipinski definition) is 2. The highest BCUT2D eigenvalue weighted by Gasteiger charge is 2.10. The highest BCUT2D eigenvalue weighted by Crippen LogP contribution is 2.27. The molecule has 0 radical (unpaired) electrons. The number of nitrogens with zero attached hydrogens (tertiary/aromatic N) is 1. The van der Waals surface area contributed by atoms with Gasteiger partial charge in [0.1, 0.15) is 0 Å². The van der Waals surface area contributed by atoms with Crippen LogP contribution in [0, 0.1) is 13.8 Å². The molecular formula is C23H27N3O6. The van der Waals surface area contributed by atoms with Gasteiger partial charge in [0.25, 0.3) is 0 Å². The van der Waals surface area contributed by atoms with E-state index in [2.05, 4.69) is 20.6 Å². The first-order chi connectivity index (χ1) is 15.3. The molecule has 0 atom stereocenters. The van der Waals surface area contributed by atoms with E-state index in [0.29, 0.717) is 17.1 Å². The summed E-state index contributed by atoms with van der Waals surface area (Å²) < 4.78 is 15.1. The average molecular weight is 441 g/mol. The van der Waals surface area contributed by atoms with Crippen LogP contribution in [0.4, 0.5) is 5.69 Å². The zero-order chi connectivity index (χ0) is 23.5. The molecule has 0 saturated carbocycles. The molecule has 2 amide bonds. The molecule has 0 saturated heterocycles. The Morgan fingerprint density at radius 2 is 1.72 bits per heavy atom. The maximum Gasteiger partial charge on any atom is 0.343 e. The van der Waals surface area contributed by atoms with E-state index in [1.165, 1.54) is 20.4 Å². The lowest BCUT2D eigenvalue weighted by molar-refractivity contribution is -0.143. The summed E-state index contributed by atoms with van der Waals surface area (Å²) in [5, 5.41) is 6.71. The fourth-order valence-electron chi connectivity index (χ4n) is 2.62. The lowest BCUT2D eigenvalue weighted by Gasteiger charge is -2.10. The van der Waals surface area contributed by atoms with Crippen LogP contribution in [-0.4, -0.2) is 44.8 Å². The van der Waals surface area contributed by atoms with E-state index in [9.17, 15) is 14.4 Å². The first kappa shape index (κ1) is 24.4. The van der Waals surface area contributed by atoms with Crippen LogP contribution < -0.4 is 20.2 Å². The Morgan fingerprint density at radius 1 is 0.969 bits per heavy atom. The Kier molecular flexibility index (Phi) is 9.22. The van der Waals surface area contributed by atoms with E-state index in [1.807, 2.05) is 32.0 Å². The van der Waals surface area contributed by atoms with Crippen LogP contribution >= 0.6 is 0 Å². The van der Waals surface area contributed by atoms with Crippen molar-refractivity contribution in [3.05, 3.63) is 53.1 Å². The summed E-state index contributed by atoms with van der Waals surface area (Å²) in [6.07, 6.45) is 1.47. The molecule has 2 aromatic carbocycles. The maximum atomic E-state index is 12.1. The molecule has 2 N–H and O–H groups in total. The second-order valence-electron chi connectivity index (χ2n) is 6.93. The number of benzene rings is 2. The molecular weight excluding hydrogens is 414 g/mol. The largest absolute Gasteiger partial charge is 0.493 e. The van der Waals surface area contributed by atoms with Crippen LogP contribution in [0.25, 0.3) is 0 Å². The second-order valence-corrected chi connectivity index (χ2v) is 6.93. The van der Waals surface area contributed by atoms with Gasteiger partial charge in [-0.3, -0.25) is 9.59 Å². The Balaban J connectivity index is 1.83. The fourth-order valence-corrected chi connectivity index (χ4v) is 2.62. The smallest absolute Gasteiger partial charge is 0.343 e. The molecule has 9 nitrogen and oxygen atoms in total. The van der Waals surface area contributed by atoms with E-state index in [4.69, 9.17) is 9.47 Å². The van der Waals surface area contributed by atoms with Gasteiger partial charge in [0.2, 0.25) is 11.8 Å². The molecule has 170 valence electrons. The molecule has 9 heteroatoms. The zero-order valence-electron chi connectivity index (χ0n) is 18.6. The molecule has 0 unspecified atom stereocenters. The average Bonchev–Trinajstić information content (AvgIpc) is 2.78. The topological polar surface area (TPSA) is 115 Å². The summed E-state index contributed by atoms with van der Waals surface area (Å²) in [7, 11) is 2.74. The zero-order valence-corrected chi connectivity index (χ0v) is 18.6. The van der Waals surface area contributed by atoms with Crippen molar-refractivity contribution in [1.29, 1.82) is 0 Å². The van der Waals surface area contributed by atoms with Crippen LogP contribution in [0.15, 0.2) is 41.5 Å². The number of ether oxygens (including phenoxy) is 3. The van der Waals surface area contributed by atoms with E-state index in [-0.39, 0.29) is 31.3 Å². The van der Waals surface area contributed by atoms with Gasteiger partial charge in [0.05, 0.1) is 20.4 Å². The molecule has 0 aromatic heterocycles. The van der Waals surface area contributed by atoms with Gasteiger partial charge in [-0.05, 0) is 54.8 Å². The molecule has 0 aliphatic carbocycles. The lowest BCUT2D eigenvalue weighted by atomic mass is 10.1. The summed E-state index contributed by atoms with van der Waals surface area (Å²) in [4.78, 5) is 35.3. The van der Waals surface area contributed by atoms with Crippen LogP contribution in [0.1, 0.15) is 29.5 Å². The molecule has 2 rings (SSSR count). The summed E-state index contributed by atoms with van der Waals surface area (Å²) >= 11 is 0. The third-order valence-corrected chi connectivity index (χ3v) is 4.41. The minimum absolute atomic E-state index is 0.00232. The molecule has 0 aliphatic rings. The number of anilines is 1. The first-order valence-electron chi connectivity index (χ1n) is 9.89. The summed E-state index contributed by atoms with van der Waals surface area (Å²) in [5.41, 5.74) is 5.76. The number of aryl methyl sites for hydroxylation is 2. The van der Waals surface area contributed by atoms with Crippen molar-refractivity contribution in [3.8, 4) is 11.5 Å². The van der Waals surface area contributed by atoms with Crippen LogP contribution in [-0.2, 0) is 19.1 Å². The highest BCUT2D eigenvalue weighted by molar-refractivity contribution is 5.94. The standard InChI is InChI=1S/C23H27N3O6/c1-15-5-6-16(2)18(11-15)25-21(27)9-10-22(28)26-24-13-17-7-8-19(20(12-17)30-3)32-14-23(29)31-4/h5-8,11-13H,9-10,14H2,1-4H3,(H,25,27)(H,26,28). The van der Waals surface area contributed by atoms with Gasteiger partial charge in [0.15, 0.2) is 18.1 Å². The van der Waals surface area contributed by atoms with Gasteiger partial charge in [-0.2, -0.15) is 5.10 Å². The third-order valence-electron chi connectivity index (χ3n) is 4.41. The number of amides is 2. The normalized spacial score (nSPS) is 10.5. The van der Waals surface area contributed by atoms with Crippen LogP contribution in [0.5, 0.6) is 11.5 Å². The molecule has 0 aliphatic heterocycles.